The normalized spacial score (nSPS) is 11.9. The molecule has 0 atom stereocenters. The molecule has 8 nitrogen and oxygen atoms in total. The number of benzene rings is 1. The maximum absolute atomic E-state index is 13.1. The Kier molecular flexibility index (Phi) is 4.90. The first-order valence-electron chi connectivity index (χ1n) is 9.27. The van der Waals surface area contributed by atoms with Crippen molar-refractivity contribution in [2.45, 2.75) is 24.8 Å². The molecule has 9 heteroatoms. The Labute approximate surface area is 173 Å². The van der Waals surface area contributed by atoms with Crippen LogP contribution in [-0.2, 0) is 9.84 Å². The third-order valence-electron chi connectivity index (χ3n) is 4.61. The SMILES string of the molecule is CC(C)n1ncc2c(C(=O)Nc3ccc(S(C)(=O)=O)cc3)cc(-c3ccco3)nc21. The highest BCUT2D eigenvalue weighted by atomic mass is 32.2. The van der Waals surface area contributed by atoms with E-state index in [0.29, 0.717) is 33.7 Å². The summed E-state index contributed by atoms with van der Waals surface area (Å²) in [5, 5.41) is 7.81. The highest BCUT2D eigenvalue weighted by Crippen LogP contribution is 2.27. The van der Waals surface area contributed by atoms with Crippen molar-refractivity contribution in [2.75, 3.05) is 11.6 Å². The second kappa shape index (κ2) is 7.42. The molecule has 4 aromatic rings. The van der Waals surface area contributed by atoms with E-state index in [1.165, 1.54) is 12.1 Å². The molecule has 154 valence electrons. The minimum Gasteiger partial charge on any atom is -0.463 e. The lowest BCUT2D eigenvalue weighted by molar-refractivity contribution is 0.102. The Hall–Kier alpha value is -3.46. The molecule has 0 fully saturated rings. The first-order chi connectivity index (χ1) is 14.2. The van der Waals surface area contributed by atoms with Gasteiger partial charge in [0.25, 0.3) is 5.91 Å². The number of amides is 1. The van der Waals surface area contributed by atoms with Gasteiger partial charge in [-0.3, -0.25) is 4.79 Å². The number of pyridine rings is 1. The van der Waals surface area contributed by atoms with E-state index in [0.717, 1.165) is 6.26 Å². The van der Waals surface area contributed by atoms with Gasteiger partial charge < -0.3 is 9.73 Å². The molecular formula is C21H20N4O4S. The minimum atomic E-state index is -3.31. The molecule has 0 aliphatic rings. The van der Waals surface area contributed by atoms with Gasteiger partial charge in [0.2, 0.25) is 0 Å². The van der Waals surface area contributed by atoms with Gasteiger partial charge in [-0.05, 0) is 56.3 Å². The average Bonchev–Trinajstić information content (AvgIpc) is 3.36. The van der Waals surface area contributed by atoms with Gasteiger partial charge >= 0.3 is 0 Å². The lowest BCUT2D eigenvalue weighted by atomic mass is 10.1. The molecule has 1 amide bonds. The summed E-state index contributed by atoms with van der Waals surface area (Å²) in [6.45, 7) is 3.97. The van der Waals surface area contributed by atoms with Crippen LogP contribution in [0.4, 0.5) is 5.69 Å². The number of fused-ring (bicyclic) bond motifs is 1. The fraction of sp³-hybridized carbons (Fsp3) is 0.190. The highest BCUT2D eigenvalue weighted by molar-refractivity contribution is 7.90. The summed E-state index contributed by atoms with van der Waals surface area (Å²) in [5.74, 6) is 0.186. The van der Waals surface area contributed by atoms with Crippen molar-refractivity contribution in [1.82, 2.24) is 14.8 Å². The first-order valence-corrected chi connectivity index (χ1v) is 11.2. The van der Waals surface area contributed by atoms with Crippen LogP contribution < -0.4 is 5.32 Å². The number of hydrogen-bond acceptors (Lipinski definition) is 6. The molecule has 1 N–H and O–H groups in total. The van der Waals surface area contributed by atoms with E-state index in [1.54, 1.807) is 47.5 Å². The number of aromatic nitrogens is 3. The summed E-state index contributed by atoms with van der Waals surface area (Å²) in [7, 11) is -3.31. The molecule has 4 rings (SSSR count). The number of anilines is 1. The van der Waals surface area contributed by atoms with E-state index < -0.39 is 9.84 Å². The van der Waals surface area contributed by atoms with Crippen molar-refractivity contribution in [3.8, 4) is 11.5 Å². The van der Waals surface area contributed by atoms with Crippen molar-refractivity contribution in [2.24, 2.45) is 0 Å². The fourth-order valence-corrected chi connectivity index (χ4v) is 3.75. The molecule has 0 bridgehead atoms. The Morgan fingerprint density at radius 2 is 1.90 bits per heavy atom. The standard InChI is InChI=1S/C21H20N4O4S/c1-13(2)25-20-17(12-22-25)16(11-18(24-20)19-5-4-10-29-19)21(26)23-14-6-8-15(9-7-14)30(3,27)28/h4-13H,1-3H3,(H,23,26). The van der Waals surface area contributed by atoms with Gasteiger partial charge in [0.1, 0.15) is 5.69 Å². The summed E-state index contributed by atoms with van der Waals surface area (Å²) in [4.78, 5) is 17.9. The van der Waals surface area contributed by atoms with Crippen LogP contribution >= 0.6 is 0 Å². The molecule has 0 saturated carbocycles. The second-order valence-corrected chi connectivity index (χ2v) is 9.22. The number of rotatable bonds is 5. The zero-order chi connectivity index (χ0) is 21.5. The predicted molar refractivity (Wildman–Crippen MR) is 113 cm³/mol. The van der Waals surface area contributed by atoms with Crippen LogP contribution in [0.25, 0.3) is 22.5 Å². The lowest BCUT2D eigenvalue weighted by Crippen LogP contribution is -2.13. The van der Waals surface area contributed by atoms with Gasteiger partial charge in [0.05, 0.1) is 28.3 Å². The van der Waals surface area contributed by atoms with Gasteiger partial charge in [0, 0.05) is 18.0 Å². The van der Waals surface area contributed by atoms with Crippen LogP contribution in [0.2, 0.25) is 0 Å². The molecule has 0 saturated heterocycles. The molecular weight excluding hydrogens is 404 g/mol. The molecule has 0 spiro atoms. The fourth-order valence-electron chi connectivity index (χ4n) is 3.12. The second-order valence-electron chi connectivity index (χ2n) is 7.20. The number of furan rings is 1. The number of nitrogens with one attached hydrogen (secondary N) is 1. The van der Waals surface area contributed by atoms with Crippen molar-refractivity contribution in [3.05, 3.63) is 60.5 Å². The van der Waals surface area contributed by atoms with Gasteiger partial charge in [-0.1, -0.05) is 0 Å². The molecule has 0 unspecified atom stereocenters. The zero-order valence-electron chi connectivity index (χ0n) is 16.7. The number of carbonyl (C=O) groups is 1. The van der Waals surface area contributed by atoms with Gasteiger partial charge in [0.15, 0.2) is 21.2 Å². The largest absolute Gasteiger partial charge is 0.463 e. The summed E-state index contributed by atoms with van der Waals surface area (Å²) in [6.07, 6.45) is 4.30. The molecule has 30 heavy (non-hydrogen) atoms. The molecule has 3 heterocycles. The molecule has 3 aromatic heterocycles. The maximum atomic E-state index is 13.1. The van der Waals surface area contributed by atoms with Crippen molar-refractivity contribution < 1.29 is 17.6 Å². The molecule has 0 radical (unpaired) electrons. The Bertz CT molecular complexity index is 1320. The van der Waals surface area contributed by atoms with Gasteiger partial charge in [-0.2, -0.15) is 5.10 Å². The van der Waals surface area contributed by atoms with E-state index in [1.807, 2.05) is 13.8 Å². The molecule has 1 aromatic carbocycles. The first kappa shape index (κ1) is 19.8. The van der Waals surface area contributed by atoms with Gasteiger partial charge in [-0.15, -0.1) is 0 Å². The number of hydrogen-bond donors (Lipinski definition) is 1. The smallest absolute Gasteiger partial charge is 0.256 e. The van der Waals surface area contributed by atoms with E-state index in [4.69, 9.17) is 4.42 Å². The van der Waals surface area contributed by atoms with E-state index in [2.05, 4.69) is 15.4 Å². The third-order valence-corrected chi connectivity index (χ3v) is 5.74. The third kappa shape index (κ3) is 3.71. The van der Waals surface area contributed by atoms with Crippen molar-refractivity contribution in [3.63, 3.8) is 0 Å². The van der Waals surface area contributed by atoms with Crippen molar-refractivity contribution in [1.29, 1.82) is 0 Å². The highest BCUT2D eigenvalue weighted by Gasteiger charge is 2.19. The monoisotopic (exact) mass is 424 g/mol. The number of nitrogens with zero attached hydrogens (tertiary/aromatic N) is 3. The van der Waals surface area contributed by atoms with E-state index in [9.17, 15) is 13.2 Å². The van der Waals surface area contributed by atoms with E-state index in [-0.39, 0.29) is 16.8 Å². The molecule has 0 aliphatic carbocycles. The summed E-state index contributed by atoms with van der Waals surface area (Å²) < 4.78 is 30.5. The topological polar surface area (TPSA) is 107 Å². The average molecular weight is 424 g/mol. The summed E-state index contributed by atoms with van der Waals surface area (Å²) in [5.41, 5.74) is 1.97. The van der Waals surface area contributed by atoms with Gasteiger partial charge in [-0.25, -0.2) is 18.1 Å². The minimum absolute atomic E-state index is 0.0568. The maximum Gasteiger partial charge on any atom is 0.256 e. The number of carbonyl (C=O) groups excluding carboxylic acids is 1. The van der Waals surface area contributed by atoms with Crippen LogP contribution in [0.15, 0.2) is 64.2 Å². The van der Waals surface area contributed by atoms with Crippen molar-refractivity contribution >= 4 is 32.5 Å². The Morgan fingerprint density at radius 1 is 1.17 bits per heavy atom. The van der Waals surface area contributed by atoms with Crippen LogP contribution in [0.5, 0.6) is 0 Å². The zero-order valence-corrected chi connectivity index (χ0v) is 17.5. The van der Waals surface area contributed by atoms with Crippen LogP contribution in [-0.4, -0.2) is 35.3 Å². The van der Waals surface area contributed by atoms with Crippen LogP contribution in [0.1, 0.15) is 30.2 Å². The summed E-state index contributed by atoms with van der Waals surface area (Å²) >= 11 is 0. The Morgan fingerprint density at radius 3 is 2.50 bits per heavy atom. The number of sulfone groups is 1. The predicted octanol–water partition coefficient (Wildman–Crippen LogP) is 3.93. The molecule has 0 aliphatic heterocycles. The quantitative estimate of drug-likeness (QED) is 0.520. The summed E-state index contributed by atoms with van der Waals surface area (Å²) in [6, 6.07) is 11.3. The van der Waals surface area contributed by atoms with Crippen LogP contribution in [0.3, 0.4) is 0 Å². The van der Waals surface area contributed by atoms with E-state index >= 15 is 0 Å². The lowest BCUT2D eigenvalue weighted by Gasteiger charge is -2.10. The Balaban J connectivity index is 1.76. The van der Waals surface area contributed by atoms with Crippen LogP contribution in [0, 0.1) is 0 Å².